The second kappa shape index (κ2) is 8.41. The van der Waals surface area contributed by atoms with Crippen LogP contribution in [-0.2, 0) is 9.59 Å². The van der Waals surface area contributed by atoms with Crippen molar-refractivity contribution in [2.45, 2.75) is 19.5 Å². The van der Waals surface area contributed by atoms with Crippen molar-refractivity contribution in [3.8, 4) is 5.75 Å². The third-order valence-electron chi connectivity index (χ3n) is 5.89. The lowest BCUT2D eigenvalue weighted by molar-refractivity contribution is -0.140. The molecular weight excluding hydrogens is 392 g/mol. The van der Waals surface area contributed by atoms with Gasteiger partial charge in [0.25, 0.3) is 5.91 Å². The van der Waals surface area contributed by atoms with Gasteiger partial charge in [0.05, 0.1) is 12.8 Å². The number of hydrogen-bond acceptors (Lipinski definition) is 5. The smallest absolute Gasteiger partial charge is 0.275 e. The number of benzene rings is 2. The molecule has 1 fully saturated rings. The van der Waals surface area contributed by atoms with Gasteiger partial charge in [-0.2, -0.15) is 0 Å². The number of piperazine rings is 1. The number of carbonyl (C=O) groups excluding carboxylic acids is 2. The SMILES string of the molecule is COc1ccccc1N1CCN(C(=O)CN2C(=O)C(c3ccccc3)=NC2(C)C)CC1. The molecule has 1 saturated heterocycles. The molecule has 0 aliphatic carbocycles. The van der Waals surface area contributed by atoms with Gasteiger partial charge in [0, 0.05) is 31.7 Å². The van der Waals surface area contributed by atoms with Crippen LogP contribution in [0.4, 0.5) is 5.69 Å². The molecular formula is C24H28N4O3. The maximum Gasteiger partial charge on any atom is 0.275 e. The minimum Gasteiger partial charge on any atom is -0.495 e. The minimum absolute atomic E-state index is 0.0281. The van der Waals surface area contributed by atoms with E-state index in [1.165, 1.54) is 0 Å². The van der Waals surface area contributed by atoms with Crippen LogP contribution in [0.5, 0.6) is 5.75 Å². The number of amides is 2. The molecule has 0 N–H and O–H groups in total. The van der Waals surface area contributed by atoms with E-state index in [0.29, 0.717) is 18.8 Å². The van der Waals surface area contributed by atoms with Crippen molar-refractivity contribution in [2.24, 2.45) is 4.99 Å². The third-order valence-corrected chi connectivity index (χ3v) is 5.89. The van der Waals surface area contributed by atoms with Crippen molar-refractivity contribution in [1.29, 1.82) is 0 Å². The number of ether oxygens (including phenoxy) is 1. The summed E-state index contributed by atoms with van der Waals surface area (Å²) in [7, 11) is 1.67. The second-order valence-electron chi connectivity index (χ2n) is 8.25. The summed E-state index contributed by atoms with van der Waals surface area (Å²) in [6, 6.07) is 17.3. The molecule has 4 rings (SSSR count). The Hall–Kier alpha value is -3.35. The zero-order valence-corrected chi connectivity index (χ0v) is 18.2. The summed E-state index contributed by atoms with van der Waals surface area (Å²) in [6.45, 7) is 6.41. The average Bonchev–Trinajstić information content (AvgIpc) is 3.03. The summed E-state index contributed by atoms with van der Waals surface area (Å²) in [4.78, 5) is 36.3. The van der Waals surface area contributed by atoms with E-state index in [0.717, 1.165) is 30.1 Å². The number of aliphatic imine (C=N–C) groups is 1. The lowest BCUT2D eigenvalue weighted by Crippen LogP contribution is -2.54. The molecule has 0 bridgehead atoms. The van der Waals surface area contributed by atoms with Crippen LogP contribution in [0.15, 0.2) is 59.6 Å². The molecule has 2 aromatic carbocycles. The first-order chi connectivity index (χ1) is 14.9. The number of carbonyl (C=O) groups is 2. The number of rotatable bonds is 5. The summed E-state index contributed by atoms with van der Waals surface area (Å²) in [5.41, 5.74) is 1.48. The maximum absolute atomic E-state index is 13.0. The Morgan fingerprint density at radius 2 is 1.65 bits per heavy atom. The Morgan fingerprint density at radius 1 is 1.00 bits per heavy atom. The summed E-state index contributed by atoms with van der Waals surface area (Å²) in [6.07, 6.45) is 0. The van der Waals surface area contributed by atoms with Crippen LogP contribution in [0, 0.1) is 0 Å². The van der Waals surface area contributed by atoms with E-state index in [1.54, 1.807) is 12.0 Å². The number of anilines is 1. The molecule has 7 nitrogen and oxygen atoms in total. The monoisotopic (exact) mass is 420 g/mol. The molecule has 0 atom stereocenters. The largest absolute Gasteiger partial charge is 0.495 e. The molecule has 2 heterocycles. The van der Waals surface area contributed by atoms with Crippen molar-refractivity contribution in [3.63, 3.8) is 0 Å². The highest BCUT2D eigenvalue weighted by Gasteiger charge is 2.42. The molecule has 2 amide bonds. The lowest BCUT2D eigenvalue weighted by Gasteiger charge is -2.38. The Kier molecular flexibility index (Phi) is 5.67. The zero-order valence-electron chi connectivity index (χ0n) is 18.2. The first kappa shape index (κ1) is 20.9. The van der Waals surface area contributed by atoms with Gasteiger partial charge >= 0.3 is 0 Å². The van der Waals surface area contributed by atoms with E-state index in [9.17, 15) is 9.59 Å². The van der Waals surface area contributed by atoms with Gasteiger partial charge < -0.3 is 19.4 Å². The van der Waals surface area contributed by atoms with Crippen LogP contribution >= 0.6 is 0 Å². The van der Waals surface area contributed by atoms with E-state index >= 15 is 0 Å². The Balaban J connectivity index is 1.40. The van der Waals surface area contributed by atoms with Crippen molar-refractivity contribution in [2.75, 3.05) is 44.7 Å². The Bertz CT molecular complexity index is 995. The average molecular weight is 421 g/mol. The van der Waals surface area contributed by atoms with Crippen molar-refractivity contribution >= 4 is 23.2 Å². The quantitative estimate of drug-likeness (QED) is 0.745. The molecule has 7 heteroatoms. The van der Waals surface area contributed by atoms with Crippen LogP contribution in [0.2, 0.25) is 0 Å². The predicted octanol–water partition coefficient (Wildman–Crippen LogP) is 2.41. The van der Waals surface area contributed by atoms with E-state index in [1.807, 2.05) is 73.3 Å². The molecule has 0 radical (unpaired) electrons. The summed E-state index contributed by atoms with van der Waals surface area (Å²) >= 11 is 0. The molecule has 0 unspecified atom stereocenters. The van der Waals surface area contributed by atoms with Gasteiger partial charge in [-0.3, -0.25) is 14.6 Å². The van der Waals surface area contributed by atoms with Crippen LogP contribution in [-0.4, -0.2) is 72.8 Å². The van der Waals surface area contributed by atoms with Gasteiger partial charge in [0.2, 0.25) is 5.91 Å². The molecule has 0 saturated carbocycles. The minimum atomic E-state index is -0.753. The van der Waals surface area contributed by atoms with E-state index in [2.05, 4.69) is 9.89 Å². The molecule has 0 spiro atoms. The van der Waals surface area contributed by atoms with Crippen molar-refractivity contribution in [3.05, 3.63) is 60.2 Å². The molecule has 2 aliphatic rings. The third kappa shape index (κ3) is 4.13. The van der Waals surface area contributed by atoms with Crippen LogP contribution in [0.3, 0.4) is 0 Å². The van der Waals surface area contributed by atoms with Crippen molar-refractivity contribution in [1.82, 2.24) is 9.80 Å². The van der Waals surface area contributed by atoms with Gasteiger partial charge in [-0.25, -0.2) is 0 Å². The topological polar surface area (TPSA) is 65.5 Å². The predicted molar refractivity (Wildman–Crippen MR) is 121 cm³/mol. The van der Waals surface area contributed by atoms with Gasteiger partial charge in [-0.1, -0.05) is 42.5 Å². The van der Waals surface area contributed by atoms with Crippen molar-refractivity contribution < 1.29 is 14.3 Å². The summed E-state index contributed by atoms with van der Waals surface area (Å²) in [5, 5.41) is 0. The van der Waals surface area contributed by atoms with Crippen LogP contribution in [0.1, 0.15) is 19.4 Å². The fourth-order valence-corrected chi connectivity index (χ4v) is 4.13. The molecule has 31 heavy (non-hydrogen) atoms. The van der Waals surface area contributed by atoms with Crippen LogP contribution in [0.25, 0.3) is 0 Å². The first-order valence-corrected chi connectivity index (χ1v) is 10.5. The van der Waals surface area contributed by atoms with Gasteiger partial charge in [0.1, 0.15) is 23.7 Å². The molecule has 2 aliphatic heterocycles. The van der Waals surface area contributed by atoms with Gasteiger partial charge in [0.15, 0.2) is 0 Å². The highest BCUT2D eigenvalue weighted by molar-refractivity contribution is 6.46. The number of para-hydroxylation sites is 2. The van der Waals surface area contributed by atoms with Crippen LogP contribution < -0.4 is 9.64 Å². The molecule has 2 aromatic rings. The highest BCUT2D eigenvalue weighted by Crippen LogP contribution is 2.29. The number of methoxy groups -OCH3 is 1. The number of nitrogens with zero attached hydrogens (tertiary/aromatic N) is 4. The number of hydrogen-bond donors (Lipinski definition) is 0. The fourth-order valence-electron chi connectivity index (χ4n) is 4.13. The first-order valence-electron chi connectivity index (χ1n) is 10.5. The lowest BCUT2D eigenvalue weighted by atomic mass is 10.1. The van der Waals surface area contributed by atoms with E-state index < -0.39 is 5.66 Å². The highest BCUT2D eigenvalue weighted by atomic mass is 16.5. The summed E-state index contributed by atoms with van der Waals surface area (Å²) in [5.74, 6) is 0.583. The Labute approximate surface area is 182 Å². The van der Waals surface area contributed by atoms with E-state index in [4.69, 9.17) is 4.74 Å². The fraction of sp³-hybridized carbons (Fsp3) is 0.375. The normalized spacial score (nSPS) is 18.2. The summed E-state index contributed by atoms with van der Waals surface area (Å²) < 4.78 is 5.46. The van der Waals surface area contributed by atoms with Gasteiger partial charge in [-0.05, 0) is 26.0 Å². The molecule has 162 valence electrons. The molecule has 0 aromatic heterocycles. The standard InChI is InChI=1S/C24H28N4O3/c1-24(2)25-22(18-9-5-4-6-10-18)23(30)28(24)17-21(29)27-15-13-26(14-16-27)19-11-7-8-12-20(19)31-3/h4-12H,13-17H2,1-3H3. The Morgan fingerprint density at radius 3 is 2.32 bits per heavy atom. The maximum atomic E-state index is 13.0. The second-order valence-corrected chi connectivity index (χ2v) is 8.25. The van der Waals surface area contributed by atoms with E-state index in [-0.39, 0.29) is 18.4 Å². The zero-order chi connectivity index (χ0) is 22.0. The van der Waals surface area contributed by atoms with Gasteiger partial charge in [-0.15, -0.1) is 0 Å².